The van der Waals surface area contributed by atoms with Gasteiger partial charge in [-0.05, 0) is 6.42 Å². The second-order valence-electron chi connectivity index (χ2n) is 3.64. The molecular weight excluding hydrogens is 192 g/mol. The maximum Gasteiger partial charge on any atom is 0.345 e. The molecular formula is C10H16N4O. The summed E-state index contributed by atoms with van der Waals surface area (Å²) in [6, 6.07) is 0. The number of H-pyrrole nitrogens is 1. The minimum atomic E-state index is -0.259. The topological polar surface area (TPSA) is 61.0 Å². The number of nitrogens with one attached hydrogen (secondary N) is 2. The van der Waals surface area contributed by atoms with Crippen molar-refractivity contribution in [2.75, 3.05) is 31.1 Å². The molecule has 0 atom stereocenters. The summed E-state index contributed by atoms with van der Waals surface area (Å²) in [5.41, 5.74) is 1.79. The molecule has 0 spiro atoms. The highest BCUT2D eigenvalue weighted by molar-refractivity contribution is 5.49. The highest BCUT2D eigenvalue weighted by Crippen LogP contribution is 2.16. The van der Waals surface area contributed by atoms with Crippen molar-refractivity contribution in [2.45, 2.75) is 13.3 Å². The van der Waals surface area contributed by atoms with Gasteiger partial charge >= 0.3 is 5.69 Å². The van der Waals surface area contributed by atoms with E-state index < -0.39 is 0 Å². The van der Waals surface area contributed by atoms with Crippen LogP contribution in [0.5, 0.6) is 0 Å². The van der Waals surface area contributed by atoms with Crippen LogP contribution >= 0.6 is 0 Å². The molecule has 1 saturated heterocycles. The maximum absolute atomic E-state index is 11.1. The number of hydrogen-bond donors (Lipinski definition) is 2. The van der Waals surface area contributed by atoms with E-state index in [-0.39, 0.29) is 5.69 Å². The van der Waals surface area contributed by atoms with Gasteiger partial charge in [-0.2, -0.15) is 4.98 Å². The maximum atomic E-state index is 11.1. The van der Waals surface area contributed by atoms with Gasteiger partial charge in [-0.15, -0.1) is 0 Å². The van der Waals surface area contributed by atoms with Crippen molar-refractivity contribution in [1.29, 1.82) is 0 Å². The molecule has 82 valence electrons. The van der Waals surface area contributed by atoms with Gasteiger partial charge < -0.3 is 15.2 Å². The molecule has 2 heterocycles. The van der Waals surface area contributed by atoms with E-state index in [2.05, 4.69) is 20.2 Å². The van der Waals surface area contributed by atoms with Crippen LogP contribution in [0.2, 0.25) is 0 Å². The smallest absolute Gasteiger partial charge is 0.345 e. The fourth-order valence-corrected chi connectivity index (χ4v) is 1.87. The van der Waals surface area contributed by atoms with Crippen molar-refractivity contribution in [3.8, 4) is 0 Å². The summed E-state index contributed by atoms with van der Waals surface area (Å²) in [7, 11) is 0. The molecule has 1 aromatic rings. The molecule has 0 saturated carbocycles. The summed E-state index contributed by atoms with van der Waals surface area (Å²) in [6.45, 7) is 5.96. The molecule has 1 fully saturated rings. The van der Waals surface area contributed by atoms with Crippen molar-refractivity contribution >= 4 is 5.69 Å². The highest BCUT2D eigenvalue weighted by atomic mass is 16.1. The van der Waals surface area contributed by atoms with E-state index in [0.29, 0.717) is 0 Å². The number of hydrogen-bond acceptors (Lipinski definition) is 4. The molecule has 1 aromatic heterocycles. The lowest BCUT2D eigenvalue weighted by Crippen LogP contribution is -2.44. The fourth-order valence-electron chi connectivity index (χ4n) is 1.87. The number of nitrogens with zero attached hydrogens (tertiary/aromatic N) is 2. The van der Waals surface area contributed by atoms with Gasteiger partial charge in [-0.3, -0.25) is 0 Å². The van der Waals surface area contributed by atoms with E-state index in [0.717, 1.165) is 44.0 Å². The zero-order chi connectivity index (χ0) is 10.7. The minimum absolute atomic E-state index is 0.259. The lowest BCUT2D eigenvalue weighted by Gasteiger charge is -2.30. The standard InChI is InChI=1S/C10H16N4O/c1-2-8-9(7-12-10(15)13-8)14-5-3-11-4-6-14/h7,11H,2-6H2,1H3,(H,12,13,15). The van der Waals surface area contributed by atoms with Gasteiger partial charge in [0.05, 0.1) is 11.9 Å². The van der Waals surface area contributed by atoms with E-state index in [9.17, 15) is 4.79 Å². The SMILES string of the molecule is CCc1[nH]c(=O)ncc1N1CCNCC1. The number of aryl methyl sites for hydroxylation is 1. The Kier molecular flexibility index (Phi) is 3.01. The molecule has 0 amide bonds. The van der Waals surface area contributed by atoms with Crippen LogP contribution in [0.15, 0.2) is 11.0 Å². The van der Waals surface area contributed by atoms with Gasteiger partial charge in [0.2, 0.25) is 0 Å². The third kappa shape index (κ3) is 2.18. The quantitative estimate of drug-likeness (QED) is 0.703. The van der Waals surface area contributed by atoms with Crippen LogP contribution in [0.25, 0.3) is 0 Å². The van der Waals surface area contributed by atoms with Crippen molar-refractivity contribution in [3.63, 3.8) is 0 Å². The number of aromatic amines is 1. The van der Waals surface area contributed by atoms with Gasteiger partial charge in [0.1, 0.15) is 0 Å². The fraction of sp³-hybridized carbons (Fsp3) is 0.600. The molecule has 1 aliphatic rings. The number of piperazine rings is 1. The molecule has 0 bridgehead atoms. The zero-order valence-corrected chi connectivity index (χ0v) is 8.92. The van der Waals surface area contributed by atoms with Crippen molar-refractivity contribution < 1.29 is 0 Å². The molecule has 5 nitrogen and oxygen atoms in total. The highest BCUT2D eigenvalue weighted by Gasteiger charge is 2.14. The van der Waals surface area contributed by atoms with Crippen LogP contribution in [0.4, 0.5) is 5.69 Å². The molecule has 5 heteroatoms. The Labute approximate surface area is 88.5 Å². The summed E-state index contributed by atoms with van der Waals surface area (Å²) in [4.78, 5) is 19.9. The summed E-state index contributed by atoms with van der Waals surface area (Å²) in [5, 5.41) is 3.30. The van der Waals surface area contributed by atoms with E-state index in [1.54, 1.807) is 6.20 Å². The molecule has 2 N–H and O–H groups in total. The van der Waals surface area contributed by atoms with Gasteiger partial charge in [-0.1, -0.05) is 6.92 Å². The van der Waals surface area contributed by atoms with Crippen LogP contribution in [-0.4, -0.2) is 36.1 Å². The van der Waals surface area contributed by atoms with E-state index in [1.807, 2.05) is 6.92 Å². The predicted molar refractivity (Wildman–Crippen MR) is 59.3 cm³/mol. The first-order valence-corrected chi connectivity index (χ1v) is 5.35. The van der Waals surface area contributed by atoms with Crippen LogP contribution in [0, 0.1) is 0 Å². The van der Waals surface area contributed by atoms with Gasteiger partial charge in [0.25, 0.3) is 0 Å². The first kappa shape index (κ1) is 10.2. The molecule has 0 unspecified atom stereocenters. The van der Waals surface area contributed by atoms with E-state index in [4.69, 9.17) is 0 Å². The number of rotatable bonds is 2. The van der Waals surface area contributed by atoms with Crippen molar-refractivity contribution in [1.82, 2.24) is 15.3 Å². The summed E-state index contributed by atoms with van der Waals surface area (Å²) < 4.78 is 0. The third-order valence-corrected chi connectivity index (χ3v) is 2.68. The first-order valence-electron chi connectivity index (χ1n) is 5.35. The molecule has 0 radical (unpaired) electrons. The number of anilines is 1. The average Bonchev–Trinajstić information content (AvgIpc) is 2.30. The number of aromatic nitrogens is 2. The molecule has 2 rings (SSSR count). The Balaban J connectivity index is 2.29. The minimum Gasteiger partial charge on any atom is -0.366 e. The average molecular weight is 208 g/mol. The van der Waals surface area contributed by atoms with E-state index in [1.165, 1.54) is 0 Å². The molecule has 15 heavy (non-hydrogen) atoms. The van der Waals surface area contributed by atoms with Crippen LogP contribution in [0.3, 0.4) is 0 Å². The molecule has 0 aromatic carbocycles. The van der Waals surface area contributed by atoms with Crippen LogP contribution < -0.4 is 15.9 Å². The lowest BCUT2D eigenvalue weighted by atomic mass is 10.2. The monoisotopic (exact) mass is 208 g/mol. The van der Waals surface area contributed by atoms with Crippen LogP contribution in [0.1, 0.15) is 12.6 Å². The normalized spacial score (nSPS) is 16.7. The Morgan fingerprint density at radius 2 is 2.20 bits per heavy atom. The van der Waals surface area contributed by atoms with Gasteiger partial charge in [-0.25, -0.2) is 4.79 Å². The van der Waals surface area contributed by atoms with Gasteiger partial charge in [0, 0.05) is 31.9 Å². The second kappa shape index (κ2) is 4.44. The lowest BCUT2D eigenvalue weighted by molar-refractivity contribution is 0.585. The predicted octanol–water partition coefficient (Wildman–Crippen LogP) is -0.258. The van der Waals surface area contributed by atoms with Crippen LogP contribution in [-0.2, 0) is 6.42 Å². The van der Waals surface area contributed by atoms with Gasteiger partial charge in [0.15, 0.2) is 0 Å². The Morgan fingerprint density at radius 1 is 1.47 bits per heavy atom. The Bertz CT molecular complexity index is 381. The Hall–Kier alpha value is -1.36. The Morgan fingerprint density at radius 3 is 2.87 bits per heavy atom. The molecule has 0 aliphatic carbocycles. The first-order chi connectivity index (χ1) is 7.31. The van der Waals surface area contributed by atoms with Crippen molar-refractivity contribution in [3.05, 3.63) is 22.4 Å². The molecule has 1 aliphatic heterocycles. The largest absolute Gasteiger partial charge is 0.366 e. The van der Waals surface area contributed by atoms with E-state index >= 15 is 0 Å². The zero-order valence-electron chi connectivity index (χ0n) is 8.92. The summed E-state index contributed by atoms with van der Waals surface area (Å²) in [5.74, 6) is 0. The third-order valence-electron chi connectivity index (χ3n) is 2.68. The second-order valence-corrected chi connectivity index (χ2v) is 3.64. The van der Waals surface area contributed by atoms with Crippen molar-refractivity contribution in [2.24, 2.45) is 0 Å². The summed E-state index contributed by atoms with van der Waals surface area (Å²) >= 11 is 0. The summed E-state index contributed by atoms with van der Waals surface area (Å²) in [6.07, 6.45) is 2.51.